The lowest BCUT2D eigenvalue weighted by Crippen LogP contribution is -2.10. The summed E-state index contributed by atoms with van der Waals surface area (Å²) < 4.78 is 21.3. The predicted molar refractivity (Wildman–Crippen MR) is 97.3 cm³/mol. The second-order valence-electron chi connectivity index (χ2n) is 5.32. The average molecular weight is 373 g/mol. The van der Waals surface area contributed by atoms with Crippen LogP contribution in [0.1, 0.15) is 19.0 Å². The number of carbonyl (C=O) groups excluding carboxylic acids is 1. The van der Waals surface area contributed by atoms with Gasteiger partial charge in [0.1, 0.15) is 23.8 Å². The zero-order valence-electron chi connectivity index (χ0n) is 14.3. The monoisotopic (exact) mass is 373 g/mol. The van der Waals surface area contributed by atoms with Crippen molar-refractivity contribution in [3.05, 3.63) is 53.5 Å². The van der Waals surface area contributed by atoms with Gasteiger partial charge in [-0.1, -0.05) is 11.2 Å². The quantitative estimate of drug-likeness (QED) is 0.521. The van der Waals surface area contributed by atoms with E-state index in [9.17, 15) is 4.79 Å². The number of aromatic nitrogens is 1. The molecule has 2 heterocycles. The molecule has 0 atom stereocenters. The van der Waals surface area contributed by atoms with Crippen LogP contribution in [0, 0.1) is 0 Å². The first-order chi connectivity index (χ1) is 12.7. The van der Waals surface area contributed by atoms with E-state index in [1.807, 2.05) is 36.6 Å². The molecule has 136 valence electrons. The molecule has 0 radical (unpaired) electrons. The highest BCUT2D eigenvalue weighted by Gasteiger charge is 2.10. The molecular weight excluding hydrogens is 354 g/mol. The van der Waals surface area contributed by atoms with Crippen LogP contribution in [0.4, 0.5) is 0 Å². The summed E-state index contributed by atoms with van der Waals surface area (Å²) in [6, 6.07) is 12.9. The Bertz CT molecular complexity index is 811. The molecule has 0 aliphatic carbocycles. The van der Waals surface area contributed by atoms with E-state index in [-0.39, 0.29) is 25.6 Å². The van der Waals surface area contributed by atoms with Crippen LogP contribution >= 0.6 is 11.3 Å². The van der Waals surface area contributed by atoms with Gasteiger partial charge in [0, 0.05) is 6.07 Å². The molecule has 0 saturated carbocycles. The van der Waals surface area contributed by atoms with Crippen LogP contribution in [-0.2, 0) is 16.1 Å². The third-order valence-electron chi connectivity index (χ3n) is 3.41. The number of carbonyl (C=O) groups is 1. The van der Waals surface area contributed by atoms with E-state index < -0.39 is 0 Å². The number of benzene rings is 1. The van der Waals surface area contributed by atoms with Crippen molar-refractivity contribution >= 4 is 17.3 Å². The van der Waals surface area contributed by atoms with Crippen LogP contribution in [0.25, 0.3) is 10.6 Å². The highest BCUT2D eigenvalue weighted by atomic mass is 32.1. The molecule has 2 aromatic heterocycles. The number of thiophene rings is 1. The number of rotatable bonds is 9. The molecule has 7 heteroatoms. The number of hydrogen-bond donors (Lipinski definition) is 0. The summed E-state index contributed by atoms with van der Waals surface area (Å²) in [7, 11) is 0. The van der Waals surface area contributed by atoms with Gasteiger partial charge in [0.15, 0.2) is 5.76 Å². The van der Waals surface area contributed by atoms with Crippen molar-refractivity contribution < 1.29 is 23.5 Å². The largest absolute Gasteiger partial charge is 0.494 e. The lowest BCUT2D eigenvalue weighted by atomic mass is 10.3. The van der Waals surface area contributed by atoms with Crippen molar-refractivity contribution in [1.29, 1.82) is 0 Å². The molecule has 1 aromatic carbocycles. The zero-order chi connectivity index (χ0) is 18.2. The Hall–Kier alpha value is -2.80. The van der Waals surface area contributed by atoms with Crippen LogP contribution in [0.15, 0.2) is 52.4 Å². The fourth-order valence-corrected chi connectivity index (χ4v) is 2.87. The van der Waals surface area contributed by atoms with E-state index in [1.54, 1.807) is 29.5 Å². The summed E-state index contributed by atoms with van der Waals surface area (Å²) in [5, 5.41) is 5.87. The molecule has 0 unspecified atom stereocenters. The van der Waals surface area contributed by atoms with Crippen molar-refractivity contribution in [2.75, 3.05) is 13.2 Å². The lowest BCUT2D eigenvalue weighted by Gasteiger charge is -2.07. The Morgan fingerprint density at radius 3 is 2.62 bits per heavy atom. The number of nitrogens with zero attached hydrogens (tertiary/aromatic N) is 1. The second-order valence-corrected chi connectivity index (χ2v) is 6.27. The minimum Gasteiger partial charge on any atom is -0.494 e. The molecule has 0 bridgehead atoms. The minimum absolute atomic E-state index is 0.0801. The van der Waals surface area contributed by atoms with Gasteiger partial charge >= 0.3 is 5.97 Å². The minimum atomic E-state index is -0.350. The summed E-state index contributed by atoms with van der Waals surface area (Å²) >= 11 is 1.56. The Morgan fingerprint density at radius 2 is 1.92 bits per heavy atom. The normalized spacial score (nSPS) is 10.5. The number of hydrogen-bond acceptors (Lipinski definition) is 7. The maximum atomic E-state index is 11.8. The smallest absolute Gasteiger partial charge is 0.309 e. The maximum absolute atomic E-state index is 11.8. The molecule has 0 spiro atoms. The topological polar surface area (TPSA) is 70.8 Å². The van der Waals surface area contributed by atoms with E-state index in [0.29, 0.717) is 23.8 Å². The van der Waals surface area contributed by atoms with E-state index in [1.165, 1.54) is 0 Å². The third kappa shape index (κ3) is 5.10. The number of esters is 1. The van der Waals surface area contributed by atoms with Crippen LogP contribution in [0.2, 0.25) is 0 Å². The van der Waals surface area contributed by atoms with Gasteiger partial charge in [-0.25, -0.2) is 0 Å². The van der Waals surface area contributed by atoms with Crippen molar-refractivity contribution in [3.8, 4) is 22.1 Å². The molecule has 0 aliphatic heterocycles. The van der Waals surface area contributed by atoms with E-state index >= 15 is 0 Å². The Kier molecular flexibility index (Phi) is 6.27. The molecule has 3 rings (SSSR count). The van der Waals surface area contributed by atoms with Gasteiger partial charge in [-0.3, -0.25) is 4.79 Å². The molecule has 26 heavy (non-hydrogen) atoms. The SMILES string of the molecule is CCOc1ccc(OCCC(=O)OCc2cc(-c3cccs3)on2)cc1. The van der Waals surface area contributed by atoms with Gasteiger partial charge in [-0.2, -0.15) is 0 Å². The number of ether oxygens (including phenoxy) is 3. The maximum Gasteiger partial charge on any atom is 0.309 e. The second kappa shape index (κ2) is 9.05. The van der Waals surface area contributed by atoms with E-state index in [4.69, 9.17) is 18.7 Å². The predicted octanol–water partition coefficient (Wildman–Crippen LogP) is 4.31. The molecule has 3 aromatic rings. The lowest BCUT2D eigenvalue weighted by molar-refractivity contribution is -0.145. The average Bonchev–Trinajstić information content (AvgIpc) is 3.33. The molecule has 0 amide bonds. The van der Waals surface area contributed by atoms with Crippen molar-refractivity contribution in [1.82, 2.24) is 5.16 Å². The zero-order valence-corrected chi connectivity index (χ0v) is 15.2. The first-order valence-corrected chi connectivity index (χ1v) is 9.13. The Labute approximate surface area is 155 Å². The molecular formula is C19H19NO5S. The van der Waals surface area contributed by atoms with E-state index in [2.05, 4.69) is 5.16 Å². The highest BCUT2D eigenvalue weighted by molar-refractivity contribution is 7.13. The molecule has 0 fully saturated rings. The van der Waals surface area contributed by atoms with Gasteiger partial charge in [0.2, 0.25) is 0 Å². The van der Waals surface area contributed by atoms with Crippen LogP contribution in [0.5, 0.6) is 11.5 Å². The van der Waals surface area contributed by atoms with Gasteiger partial charge in [0.05, 0.1) is 24.5 Å². The first-order valence-electron chi connectivity index (χ1n) is 8.25. The van der Waals surface area contributed by atoms with Gasteiger partial charge in [-0.05, 0) is 42.6 Å². The fraction of sp³-hybridized carbons (Fsp3) is 0.263. The molecule has 0 aliphatic rings. The summed E-state index contributed by atoms with van der Waals surface area (Å²) in [6.07, 6.45) is 0.156. The van der Waals surface area contributed by atoms with Gasteiger partial charge in [-0.15, -0.1) is 11.3 Å². The van der Waals surface area contributed by atoms with Crippen LogP contribution in [-0.4, -0.2) is 24.3 Å². The summed E-state index contributed by atoms with van der Waals surface area (Å²) in [4.78, 5) is 12.8. The third-order valence-corrected chi connectivity index (χ3v) is 4.30. The highest BCUT2D eigenvalue weighted by Crippen LogP contribution is 2.25. The Balaban J connectivity index is 1.38. The van der Waals surface area contributed by atoms with Crippen LogP contribution in [0.3, 0.4) is 0 Å². The Morgan fingerprint density at radius 1 is 1.15 bits per heavy atom. The van der Waals surface area contributed by atoms with Gasteiger partial charge < -0.3 is 18.7 Å². The van der Waals surface area contributed by atoms with Crippen molar-refractivity contribution in [3.63, 3.8) is 0 Å². The van der Waals surface area contributed by atoms with Gasteiger partial charge in [0.25, 0.3) is 0 Å². The van der Waals surface area contributed by atoms with Crippen LogP contribution < -0.4 is 9.47 Å². The van der Waals surface area contributed by atoms with Crippen molar-refractivity contribution in [2.45, 2.75) is 20.0 Å². The standard InChI is InChI=1S/C19H19NO5S/c1-2-22-15-5-7-16(8-6-15)23-10-9-19(21)24-13-14-12-17(25-20-14)18-4-3-11-26-18/h3-8,11-12H,2,9-10,13H2,1H3. The fourth-order valence-electron chi connectivity index (χ4n) is 2.19. The van der Waals surface area contributed by atoms with Crippen molar-refractivity contribution in [2.24, 2.45) is 0 Å². The molecule has 6 nitrogen and oxygen atoms in total. The first kappa shape index (κ1) is 18.0. The molecule has 0 saturated heterocycles. The summed E-state index contributed by atoms with van der Waals surface area (Å²) in [5.74, 6) is 1.79. The van der Waals surface area contributed by atoms with E-state index in [0.717, 1.165) is 10.6 Å². The molecule has 0 N–H and O–H groups in total. The summed E-state index contributed by atoms with van der Waals surface area (Å²) in [6.45, 7) is 2.87. The summed E-state index contributed by atoms with van der Waals surface area (Å²) in [5.41, 5.74) is 0.578.